The molecule has 0 aliphatic carbocycles. The number of anilines is 2. The van der Waals surface area contributed by atoms with E-state index in [0.717, 1.165) is 16.1 Å². The van der Waals surface area contributed by atoms with E-state index in [-0.39, 0.29) is 18.3 Å². The number of carboxylic acids is 1. The number of halogens is 1. The summed E-state index contributed by atoms with van der Waals surface area (Å²) in [5.41, 5.74) is 3.31. The van der Waals surface area contributed by atoms with Gasteiger partial charge in [0, 0.05) is 17.5 Å². The molecule has 9 nitrogen and oxygen atoms in total. The van der Waals surface area contributed by atoms with E-state index < -0.39 is 39.8 Å². The highest BCUT2D eigenvalue weighted by molar-refractivity contribution is 7.92. The first kappa shape index (κ1) is 31.3. The number of aromatic nitrogens is 2. The Balaban J connectivity index is 1.91. The largest absolute Gasteiger partial charge is 0.481 e. The lowest BCUT2D eigenvalue weighted by atomic mass is 9.97. The molecule has 1 aliphatic rings. The van der Waals surface area contributed by atoms with Crippen molar-refractivity contribution in [2.75, 3.05) is 10.6 Å². The van der Waals surface area contributed by atoms with Gasteiger partial charge in [-0.25, -0.2) is 27.1 Å². The van der Waals surface area contributed by atoms with Gasteiger partial charge in [0.25, 0.3) is 0 Å². The summed E-state index contributed by atoms with van der Waals surface area (Å²) in [6, 6.07) is 12.9. The Kier molecular flexibility index (Phi) is 9.15. The first-order chi connectivity index (χ1) is 19.6. The Labute approximate surface area is 246 Å². The monoisotopic (exact) mass is 597 g/mol. The van der Waals surface area contributed by atoms with Crippen molar-refractivity contribution in [3.05, 3.63) is 77.2 Å². The third-order valence-corrected chi connectivity index (χ3v) is 7.76. The first-order valence-electron chi connectivity index (χ1n) is 13.6. The standard InChI is InChI=1S/C31H36FN3O6S/c1-19(2)28-25(16-15-23-17-24(18-27(36)37)41-31(4,5)40-23)29(21-11-13-22(32)14-12-21)34-30(33-28)35(42(6,38)39)26-10-8-7-9-20(26)3/h7-16,19,23-24H,17-18H2,1-6H3,(H,36,37)/b16-15+/t23-,24-/m1/s1. The molecule has 0 radical (unpaired) electrons. The number of sulfonamides is 1. The van der Waals surface area contributed by atoms with E-state index in [1.165, 1.54) is 12.1 Å². The van der Waals surface area contributed by atoms with Gasteiger partial charge in [0.05, 0.1) is 42.0 Å². The first-order valence-corrected chi connectivity index (χ1v) is 15.5. The summed E-state index contributed by atoms with van der Waals surface area (Å²) in [4.78, 5) is 20.9. The van der Waals surface area contributed by atoms with Crippen molar-refractivity contribution < 1.29 is 32.2 Å². The number of hydrogen-bond acceptors (Lipinski definition) is 7. The molecule has 11 heteroatoms. The van der Waals surface area contributed by atoms with Crippen LogP contribution in [0.25, 0.3) is 17.3 Å². The fraction of sp³-hybridized carbons (Fsp3) is 0.387. The maximum Gasteiger partial charge on any atom is 0.305 e. The van der Waals surface area contributed by atoms with Gasteiger partial charge in [0.15, 0.2) is 5.79 Å². The lowest BCUT2D eigenvalue weighted by Crippen LogP contribution is -2.44. The van der Waals surface area contributed by atoms with Crippen LogP contribution in [0.3, 0.4) is 0 Å². The van der Waals surface area contributed by atoms with Crippen LogP contribution >= 0.6 is 0 Å². The van der Waals surface area contributed by atoms with Crippen LogP contribution in [0.1, 0.15) is 63.3 Å². The number of benzene rings is 2. The molecule has 0 bridgehead atoms. The van der Waals surface area contributed by atoms with E-state index in [1.807, 2.05) is 39.0 Å². The molecule has 0 unspecified atom stereocenters. The molecule has 0 saturated carbocycles. The van der Waals surface area contributed by atoms with Crippen molar-refractivity contribution in [2.45, 2.75) is 71.4 Å². The molecule has 1 N–H and O–H groups in total. The minimum Gasteiger partial charge on any atom is -0.481 e. The van der Waals surface area contributed by atoms with E-state index in [1.54, 1.807) is 44.2 Å². The number of hydrogen-bond donors (Lipinski definition) is 1. The third-order valence-electron chi connectivity index (χ3n) is 6.74. The highest BCUT2D eigenvalue weighted by Gasteiger charge is 2.35. The number of carbonyl (C=O) groups is 1. The highest BCUT2D eigenvalue weighted by atomic mass is 32.2. The van der Waals surface area contributed by atoms with Crippen LogP contribution in [0.4, 0.5) is 16.0 Å². The van der Waals surface area contributed by atoms with Crippen molar-refractivity contribution in [3.8, 4) is 11.3 Å². The lowest BCUT2D eigenvalue weighted by Gasteiger charge is -2.39. The second-order valence-corrected chi connectivity index (χ2v) is 13.0. The van der Waals surface area contributed by atoms with Crippen molar-refractivity contribution in [1.82, 2.24) is 9.97 Å². The molecule has 0 spiro atoms. The van der Waals surface area contributed by atoms with Crippen LogP contribution in [-0.2, 0) is 24.3 Å². The van der Waals surface area contributed by atoms with E-state index in [0.29, 0.717) is 34.6 Å². The minimum atomic E-state index is -3.86. The molecule has 3 aromatic rings. The van der Waals surface area contributed by atoms with Crippen LogP contribution in [0.5, 0.6) is 0 Å². The highest BCUT2D eigenvalue weighted by Crippen LogP contribution is 2.36. The number of rotatable bonds is 9. The Morgan fingerprint density at radius 3 is 2.40 bits per heavy atom. The van der Waals surface area contributed by atoms with E-state index >= 15 is 0 Å². The van der Waals surface area contributed by atoms with Crippen molar-refractivity contribution in [1.29, 1.82) is 0 Å². The quantitative estimate of drug-likeness (QED) is 0.309. The van der Waals surface area contributed by atoms with Crippen LogP contribution in [0, 0.1) is 12.7 Å². The van der Waals surface area contributed by atoms with Crippen molar-refractivity contribution in [2.24, 2.45) is 0 Å². The fourth-order valence-electron chi connectivity index (χ4n) is 5.01. The number of nitrogens with zero attached hydrogens (tertiary/aromatic N) is 3. The summed E-state index contributed by atoms with van der Waals surface area (Å²) >= 11 is 0. The average Bonchev–Trinajstić information content (AvgIpc) is 2.87. The summed E-state index contributed by atoms with van der Waals surface area (Å²) in [6.45, 7) is 9.14. The number of aryl methyl sites for hydroxylation is 1. The molecule has 2 heterocycles. The van der Waals surface area contributed by atoms with Crippen LogP contribution in [0.15, 0.2) is 54.6 Å². The van der Waals surface area contributed by atoms with Crippen molar-refractivity contribution in [3.63, 3.8) is 0 Å². The lowest BCUT2D eigenvalue weighted by molar-refractivity contribution is -0.290. The molecule has 1 fully saturated rings. The van der Waals surface area contributed by atoms with Gasteiger partial charge in [-0.3, -0.25) is 4.79 Å². The Morgan fingerprint density at radius 2 is 1.81 bits per heavy atom. The normalized spacial score (nSPS) is 18.9. The number of ether oxygens (including phenoxy) is 2. The molecule has 2 atom stereocenters. The average molecular weight is 598 g/mol. The van der Waals surface area contributed by atoms with Crippen LogP contribution in [0.2, 0.25) is 0 Å². The van der Waals surface area contributed by atoms with Gasteiger partial charge in [0.2, 0.25) is 16.0 Å². The fourth-order valence-corrected chi connectivity index (χ4v) is 5.95. The molecular weight excluding hydrogens is 561 g/mol. The molecular formula is C31H36FN3O6S. The zero-order valence-electron chi connectivity index (χ0n) is 24.5. The molecule has 1 saturated heterocycles. The van der Waals surface area contributed by atoms with Gasteiger partial charge in [-0.15, -0.1) is 0 Å². The molecule has 224 valence electrons. The van der Waals surface area contributed by atoms with Crippen molar-refractivity contribution >= 4 is 33.7 Å². The van der Waals surface area contributed by atoms with Crippen LogP contribution < -0.4 is 4.31 Å². The molecule has 1 aromatic heterocycles. The maximum absolute atomic E-state index is 13.9. The Bertz CT molecular complexity index is 1590. The van der Waals surface area contributed by atoms with Gasteiger partial charge in [0.1, 0.15) is 5.82 Å². The smallest absolute Gasteiger partial charge is 0.305 e. The summed E-state index contributed by atoms with van der Waals surface area (Å²) in [6.07, 6.45) is 3.86. The van der Waals surface area contributed by atoms with E-state index in [9.17, 15) is 22.7 Å². The number of carboxylic acid groups (broad SMARTS) is 1. The third kappa shape index (κ3) is 7.39. The van der Waals surface area contributed by atoms with E-state index in [4.69, 9.17) is 19.4 Å². The Hall–Kier alpha value is -3.67. The number of para-hydroxylation sites is 1. The zero-order valence-corrected chi connectivity index (χ0v) is 25.4. The van der Waals surface area contributed by atoms with Gasteiger partial charge in [-0.05, 0) is 62.6 Å². The predicted octanol–water partition coefficient (Wildman–Crippen LogP) is 6.21. The second-order valence-electron chi connectivity index (χ2n) is 11.1. The summed E-state index contributed by atoms with van der Waals surface area (Å²) in [5.74, 6) is -2.58. The van der Waals surface area contributed by atoms with Crippen LogP contribution in [-0.4, -0.2) is 53.7 Å². The molecule has 4 rings (SSSR count). The minimum absolute atomic E-state index is 0.0306. The Morgan fingerprint density at radius 1 is 1.14 bits per heavy atom. The molecule has 0 amide bonds. The summed E-state index contributed by atoms with van der Waals surface area (Å²) in [5, 5.41) is 9.31. The van der Waals surface area contributed by atoms with Gasteiger partial charge < -0.3 is 14.6 Å². The van der Waals surface area contributed by atoms with E-state index in [2.05, 4.69) is 0 Å². The second kappa shape index (κ2) is 12.3. The number of aliphatic carboxylic acids is 1. The summed E-state index contributed by atoms with van der Waals surface area (Å²) in [7, 11) is -3.86. The molecule has 42 heavy (non-hydrogen) atoms. The zero-order chi connectivity index (χ0) is 30.8. The molecule has 1 aliphatic heterocycles. The SMILES string of the molecule is Cc1ccccc1N(c1nc(-c2ccc(F)cc2)c(/C=C/[C@@H]2C[C@H](CC(=O)O)OC(C)(C)O2)c(C(C)C)n1)S(C)(=O)=O. The summed E-state index contributed by atoms with van der Waals surface area (Å²) < 4.78 is 53.2. The van der Waals surface area contributed by atoms with Gasteiger partial charge in [-0.2, -0.15) is 0 Å². The maximum atomic E-state index is 13.9. The van der Waals surface area contributed by atoms with Gasteiger partial charge in [-0.1, -0.05) is 44.2 Å². The predicted molar refractivity (Wildman–Crippen MR) is 159 cm³/mol. The topological polar surface area (TPSA) is 119 Å². The molecule has 2 aromatic carbocycles. The van der Waals surface area contributed by atoms with Gasteiger partial charge >= 0.3 is 5.97 Å².